The molecule has 5 rings (SSSR count). The Morgan fingerprint density at radius 3 is 2.51 bits per heavy atom. The molecule has 0 unspecified atom stereocenters. The number of hydrogen-bond donors (Lipinski definition) is 1. The van der Waals surface area contributed by atoms with E-state index in [1.807, 2.05) is 0 Å². The highest BCUT2D eigenvalue weighted by molar-refractivity contribution is 8.18. The standard InChI is InChI=1S/C26H17ClN4O5S/c27-19-5-1-2-6-20(19)31-23(33)17-8-7-16(13-18(17)24(31)34)22(32)29-10-11-30-25(35)21(37-26(30)36)12-15-4-3-9-28-14-15/h1-9,12-14H,10-11H2,(H,29,32). The number of benzene rings is 2. The van der Waals surface area contributed by atoms with Gasteiger partial charge in [-0.2, -0.15) is 0 Å². The van der Waals surface area contributed by atoms with Gasteiger partial charge >= 0.3 is 0 Å². The molecule has 3 aromatic rings. The van der Waals surface area contributed by atoms with Crippen molar-refractivity contribution in [3.8, 4) is 0 Å². The molecule has 2 aliphatic rings. The van der Waals surface area contributed by atoms with Crippen LogP contribution in [0.1, 0.15) is 36.6 Å². The minimum Gasteiger partial charge on any atom is -0.350 e. The van der Waals surface area contributed by atoms with E-state index in [0.29, 0.717) is 5.56 Å². The number of aromatic nitrogens is 1. The van der Waals surface area contributed by atoms with Gasteiger partial charge in [0.2, 0.25) is 0 Å². The van der Waals surface area contributed by atoms with E-state index in [2.05, 4.69) is 10.3 Å². The summed E-state index contributed by atoms with van der Waals surface area (Å²) >= 11 is 6.99. The summed E-state index contributed by atoms with van der Waals surface area (Å²) in [5.74, 6) is -2.08. The lowest BCUT2D eigenvalue weighted by Crippen LogP contribution is -2.37. The number of thioether (sulfide) groups is 1. The normalized spacial score (nSPS) is 16.1. The number of anilines is 1. The number of para-hydroxylation sites is 1. The van der Waals surface area contributed by atoms with Crippen LogP contribution in [0.2, 0.25) is 5.02 Å². The van der Waals surface area contributed by atoms with Crippen molar-refractivity contribution < 1.29 is 24.0 Å². The molecule has 0 bridgehead atoms. The number of halogens is 1. The predicted molar refractivity (Wildman–Crippen MR) is 138 cm³/mol. The number of nitrogens with zero attached hydrogens (tertiary/aromatic N) is 3. The van der Waals surface area contributed by atoms with E-state index < -0.39 is 28.9 Å². The highest BCUT2D eigenvalue weighted by Gasteiger charge is 2.38. The first-order valence-corrected chi connectivity index (χ1v) is 12.3. The molecule has 11 heteroatoms. The molecule has 0 spiro atoms. The molecular weight excluding hydrogens is 516 g/mol. The van der Waals surface area contributed by atoms with E-state index in [0.717, 1.165) is 21.6 Å². The third kappa shape index (κ3) is 4.64. The van der Waals surface area contributed by atoms with Crippen molar-refractivity contribution in [2.24, 2.45) is 0 Å². The lowest BCUT2D eigenvalue weighted by atomic mass is 10.1. The lowest BCUT2D eigenvalue weighted by Gasteiger charge is -2.15. The molecule has 1 saturated heterocycles. The van der Waals surface area contributed by atoms with Crippen LogP contribution >= 0.6 is 23.4 Å². The number of hydrogen-bond acceptors (Lipinski definition) is 7. The quantitative estimate of drug-likeness (QED) is 0.376. The number of nitrogens with one attached hydrogen (secondary N) is 1. The molecule has 184 valence electrons. The van der Waals surface area contributed by atoms with Crippen molar-refractivity contribution in [2.45, 2.75) is 0 Å². The Bertz CT molecular complexity index is 1510. The Hall–Kier alpha value is -4.28. The third-order valence-electron chi connectivity index (χ3n) is 5.72. The maximum Gasteiger partial charge on any atom is 0.293 e. The number of amides is 5. The summed E-state index contributed by atoms with van der Waals surface area (Å²) in [4.78, 5) is 69.8. The molecule has 1 N–H and O–H groups in total. The fourth-order valence-electron chi connectivity index (χ4n) is 3.92. The number of carbonyl (C=O) groups excluding carboxylic acids is 5. The van der Waals surface area contributed by atoms with E-state index >= 15 is 0 Å². The number of rotatable bonds is 6. The summed E-state index contributed by atoms with van der Waals surface area (Å²) in [6.07, 6.45) is 4.78. The van der Waals surface area contributed by atoms with Crippen molar-refractivity contribution in [2.75, 3.05) is 18.0 Å². The van der Waals surface area contributed by atoms with Gasteiger partial charge in [-0.3, -0.25) is 33.9 Å². The van der Waals surface area contributed by atoms with Gasteiger partial charge in [-0.25, -0.2) is 4.90 Å². The molecule has 1 fully saturated rings. The Balaban J connectivity index is 1.24. The maximum absolute atomic E-state index is 13.0. The van der Waals surface area contributed by atoms with Crippen LogP contribution in [0.5, 0.6) is 0 Å². The van der Waals surface area contributed by atoms with Crippen LogP contribution in [-0.4, -0.2) is 51.8 Å². The second-order valence-corrected chi connectivity index (χ2v) is 9.43. The number of pyridine rings is 1. The zero-order chi connectivity index (χ0) is 26.1. The predicted octanol–water partition coefficient (Wildman–Crippen LogP) is 4.00. The smallest absolute Gasteiger partial charge is 0.293 e. The summed E-state index contributed by atoms with van der Waals surface area (Å²) < 4.78 is 0. The molecule has 3 heterocycles. The van der Waals surface area contributed by atoms with Crippen LogP contribution < -0.4 is 10.2 Å². The van der Waals surface area contributed by atoms with Crippen LogP contribution in [0.3, 0.4) is 0 Å². The molecule has 2 aliphatic heterocycles. The lowest BCUT2D eigenvalue weighted by molar-refractivity contribution is -0.122. The average molecular weight is 533 g/mol. The van der Waals surface area contributed by atoms with Gasteiger partial charge < -0.3 is 5.32 Å². The van der Waals surface area contributed by atoms with E-state index in [-0.39, 0.29) is 45.4 Å². The van der Waals surface area contributed by atoms with Gasteiger partial charge in [0.1, 0.15) is 0 Å². The Morgan fingerprint density at radius 2 is 1.76 bits per heavy atom. The largest absolute Gasteiger partial charge is 0.350 e. The molecule has 0 aliphatic carbocycles. The van der Waals surface area contributed by atoms with E-state index in [4.69, 9.17) is 11.6 Å². The second-order valence-electron chi connectivity index (χ2n) is 8.03. The number of imide groups is 2. The van der Waals surface area contributed by atoms with Gasteiger partial charge in [0.05, 0.1) is 26.7 Å². The van der Waals surface area contributed by atoms with E-state index in [1.165, 1.54) is 18.2 Å². The minimum absolute atomic E-state index is 0.00670. The Labute approximate surface area is 220 Å². The maximum atomic E-state index is 13.0. The molecule has 0 saturated carbocycles. The molecule has 1 aromatic heterocycles. The number of carbonyl (C=O) groups is 5. The SMILES string of the molecule is O=C(NCCN1C(=O)SC(=Cc2cccnc2)C1=O)c1ccc2c(c1)C(=O)N(c1ccccc1Cl)C2=O. The average Bonchev–Trinajstić information content (AvgIpc) is 3.31. The summed E-state index contributed by atoms with van der Waals surface area (Å²) in [6.45, 7) is -0.0177. The summed E-state index contributed by atoms with van der Waals surface area (Å²) in [7, 11) is 0. The zero-order valence-corrected chi connectivity index (χ0v) is 20.6. The summed E-state index contributed by atoms with van der Waals surface area (Å²) in [6, 6.07) is 14.2. The van der Waals surface area contributed by atoms with Crippen molar-refractivity contribution in [1.82, 2.24) is 15.2 Å². The van der Waals surface area contributed by atoms with Crippen LogP contribution in [0, 0.1) is 0 Å². The molecule has 0 atom stereocenters. The van der Waals surface area contributed by atoms with Gasteiger partial charge in [0, 0.05) is 31.0 Å². The summed E-state index contributed by atoms with van der Waals surface area (Å²) in [5.41, 5.74) is 1.37. The monoisotopic (exact) mass is 532 g/mol. The van der Waals surface area contributed by atoms with Crippen LogP contribution in [0.4, 0.5) is 10.5 Å². The topological polar surface area (TPSA) is 117 Å². The van der Waals surface area contributed by atoms with Crippen molar-refractivity contribution in [3.05, 3.63) is 99.2 Å². The fraction of sp³-hybridized carbons (Fsp3) is 0.0769. The van der Waals surface area contributed by atoms with Gasteiger partial charge in [0.15, 0.2) is 0 Å². The highest BCUT2D eigenvalue weighted by Crippen LogP contribution is 2.34. The van der Waals surface area contributed by atoms with Crippen LogP contribution in [0.25, 0.3) is 6.08 Å². The van der Waals surface area contributed by atoms with Crippen molar-refractivity contribution in [1.29, 1.82) is 0 Å². The molecule has 0 radical (unpaired) electrons. The molecular formula is C26H17ClN4O5S. The Kier molecular flexibility index (Phi) is 6.60. The zero-order valence-electron chi connectivity index (χ0n) is 19.0. The van der Waals surface area contributed by atoms with Gasteiger partial charge in [-0.15, -0.1) is 0 Å². The van der Waals surface area contributed by atoms with Crippen LogP contribution in [-0.2, 0) is 4.79 Å². The third-order valence-corrected chi connectivity index (χ3v) is 6.95. The first-order chi connectivity index (χ1) is 17.8. The van der Waals surface area contributed by atoms with E-state index in [1.54, 1.807) is 54.9 Å². The van der Waals surface area contributed by atoms with Gasteiger partial charge in [-0.05, 0) is 59.8 Å². The van der Waals surface area contributed by atoms with Gasteiger partial charge in [0.25, 0.3) is 28.9 Å². The van der Waals surface area contributed by atoms with Crippen molar-refractivity contribution >= 4 is 64.0 Å². The van der Waals surface area contributed by atoms with Gasteiger partial charge in [-0.1, -0.05) is 29.8 Å². The summed E-state index contributed by atoms with van der Waals surface area (Å²) in [5, 5.41) is 2.46. The second kappa shape index (κ2) is 10.00. The molecule has 2 aromatic carbocycles. The molecule has 37 heavy (non-hydrogen) atoms. The molecule has 9 nitrogen and oxygen atoms in total. The highest BCUT2D eigenvalue weighted by atomic mass is 35.5. The minimum atomic E-state index is -0.582. The van der Waals surface area contributed by atoms with E-state index in [9.17, 15) is 24.0 Å². The number of fused-ring (bicyclic) bond motifs is 1. The van der Waals surface area contributed by atoms with Crippen molar-refractivity contribution in [3.63, 3.8) is 0 Å². The molecule has 5 amide bonds. The van der Waals surface area contributed by atoms with Crippen LogP contribution in [0.15, 0.2) is 71.9 Å². The Morgan fingerprint density at radius 1 is 0.973 bits per heavy atom. The first kappa shape index (κ1) is 24.4. The first-order valence-electron chi connectivity index (χ1n) is 11.1. The fourth-order valence-corrected chi connectivity index (χ4v) is 5.01.